The smallest absolute Gasteiger partial charge is 0.335 e. The maximum absolute atomic E-state index is 12.0. The first kappa shape index (κ1) is 24.5. The van der Waals surface area contributed by atoms with Gasteiger partial charge in [0.2, 0.25) is 0 Å². The topological polar surface area (TPSA) is 86.6 Å². The van der Waals surface area contributed by atoms with Crippen molar-refractivity contribution in [2.75, 3.05) is 13.1 Å². The zero-order valence-electron chi connectivity index (χ0n) is 17.4. The molecule has 0 amide bonds. The minimum atomic E-state index is -0.973. The Kier molecular flexibility index (Phi) is 12.3. The fourth-order valence-electron chi connectivity index (χ4n) is 2.95. The molecule has 29 heavy (non-hydrogen) atoms. The number of hydrogen-bond acceptors (Lipinski definition) is 4. The number of aliphatic hydroxyl groups is 1. The van der Waals surface area contributed by atoms with Gasteiger partial charge in [-0.15, -0.1) is 0 Å². The molecule has 0 aliphatic heterocycles. The van der Waals surface area contributed by atoms with Crippen molar-refractivity contribution < 1.29 is 19.8 Å². The van der Waals surface area contributed by atoms with Gasteiger partial charge in [-0.25, -0.2) is 4.79 Å². The normalized spacial score (nSPS) is 11.3. The van der Waals surface area contributed by atoms with Crippen LogP contribution in [0.4, 0.5) is 0 Å². The molecule has 2 rings (SSSR count). The summed E-state index contributed by atoms with van der Waals surface area (Å²) in [5.74, 6) is -1.15. The number of aryl methyl sites for hydroxylation is 1. The molecule has 0 spiro atoms. The number of carbonyl (C=O) groups excluding carboxylic acids is 1. The predicted octanol–water partition coefficient (Wildman–Crippen LogP) is 4.35. The Labute approximate surface area is 173 Å². The van der Waals surface area contributed by atoms with Crippen LogP contribution < -0.4 is 5.32 Å². The Morgan fingerprint density at radius 1 is 0.897 bits per heavy atom. The molecule has 5 heteroatoms. The third-order valence-corrected chi connectivity index (χ3v) is 4.53. The lowest BCUT2D eigenvalue weighted by Gasteiger charge is -2.10. The Morgan fingerprint density at radius 3 is 2.10 bits per heavy atom. The molecular weight excluding hydrogens is 366 g/mol. The lowest BCUT2D eigenvalue weighted by Crippen LogP contribution is -2.20. The molecule has 2 aromatic carbocycles. The molecule has 0 saturated carbocycles. The Balaban J connectivity index is 0.000000749. The largest absolute Gasteiger partial charge is 0.478 e. The molecule has 0 saturated heterocycles. The lowest BCUT2D eigenvalue weighted by atomic mass is 9.98. The Hall–Kier alpha value is -2.50. The average molecular weight is 400 g/mol. The van der Waals surface area contributed by atoms with Crippen LogP contribution >= 0.6 is 0 Å². The number of Topliss-reactive ketones (excluding diaryl/α,β-unsaturated/α-hetero) is 1. The molecule has 2 aromatic rings. The van der Waals surface area contributed by atoms with Crippen molar-refractivity contribution in [1.29, 1.82) is 0 Å². The summed E-state index contributed by atoms with van der Waals surface area (Å²) in [6, 6.07) is 15.8. The monoisotopic (exact) mass is 399 g/mol. The number of nitrogens with one attached hydrogen (secondary N) is 1. The summed E-state index contributed by atoms with van der Waals surface area (Å²) in [7, 11) is 0. The van der Waals surface area contributed by atoms with E-state index in [1.54, 1.807) is 36.4 Å². The van der Waals surface area contributed by atoms with Crippen LogP contribution in [0.15, 0.2) is 54.6 Å². The van der Waals surface area contributed by atoms with Gasteiger partial charge in [-0.3, -0.25) is 4.79 Å². The Bertz CT molecular complexity index is 729. The summed E-state index contributed by atoms with van der Waals surface area (Å²) in [4.78, 5) is 23.2. The van der Waals surface area contributed by atoms with Gasteiger partial charge in [-0.1, -0.05) is 75.2 Å². The summed E-state index contributed by atoms with van der Waals surface area (Å²) in [6.45, 7) is 6.39. The molecule has 0 aliphatic rings. The first-order valence-corrected chi connectivity index (χ1v) is 10.3. The fourth-order valence-corrected chi connectivity index (χ4v) is 2.95. The zero-order valence-corrected chi connectivity index (χ0v) is 17.4. The van der Waals surface area contributed by atoms with Crippen molar-refractivity contribution in [3.8, 4) is 0 Å². The maximum Gasteiger partial charge on any atom is 0.335 e. The van der Waals surface area contributed by atoms with E-state index in [0.29, 0.717) is 24.0 Å². The molecule has 0 fully saturated rings. The standard InChI is InChI=1S/C20H22O4.C4H11N/c21-18(19(22)16-11-4-1-5-12-16)14-6-2-3-9-15-10-7-8-13-17(15)20(23)24;1-3-5-4-2/h1,4-5,7-8,10-13,18,21H,2-3,6,9,14H2,(H,23,24);5H,3-4H2,1-2H3. The number of rotatable bonds is 11. The third-order valence-electron chi connectivity index (χ3n) is 4.53. The van der Waals surface area contributed by atoms with Crippen molar-refractivity contribution in [3.63, 3.8) is 0 Å². The molecule has 0 bridgehead atoms. The molecule has 158 valence electrons. The number of ketones is 1. The number of unbranched alkanes of at least 4 members (excludes halogenated alkanes) is 2. The van der Waals surface area contributed by atoms with Crippen molar-refractivity contribution in [3.05, 3.63) is 71.3 Å². The zero-order chi connectivity index (χ0) is 21.5. The molecule has 1 atom stereocenters. The van der Waals surface area contributed by atoms with Crippen LogP contribution in [0.25, 0.3) is 0 Å². The van der Waals surface area contributed by atoms with E-state index in [9.17, 15) is 14.7 Å². The minimum Gasteiger partial charge on any atom is -0.478 e. The van der Waals surface area contributed by atoms with Gasteiger partial charge in [0.25, 0.3) is 0 Å². The number of hydrogen-bond donors (Lipinski definition) is 3. The SMILES string of the molecule is CCNCC.O=C(O)c1ccccc1CCCCCC(O)C(=O)c1ccccc1. The summed E-state index contributed by atoms with van der Waals surface area (Å²) >= 11 is 0. The average Bonchev–Trinajstić information content (AvgIpc) is 2.74. The summed E-state index contributed by atoms with van der Waals surface area (Å²) < 4.78 is 0. The van der Waals surface area contributed by atoms with E-state index in [0.717, 1.165) is 37.9 Å². The van der Waals surface area contributed by atoms with Gasteiger partial charge < -0.3 is 15.5 Å². The van der Waals surface area contributed by atoms with Crippen LogP contribution in [0.5, 0.6) is 0 Å². The van der Waals surface area contributed by atoms with Crippen LogP contribution in [-0.2, 0) is 6.42 Å². The van der Waals surface area contributed by atoms with E-state index in [1.807, 2.05) is 18.2 Å². The van der Waals surface area contributed by atoms with Gasteiger partial charge in [-0.2, -0.15) is 0 Å². The van der Waals surface area contributed by atoms with E-state index in [1.165, 1.54) is 0 Å². The molecule has 5 nitrogen and oxygen atoms in total. The highest BCUT2D eigenvalue weighted by atomic mass is 16.4. The minimum absolute atomic E-state index is 0.244. The van der Waals surface area contributed by atoms with Gasteiger partial charge in [-0.05, 0) is 44.0 Å². The molecule has 0 aliphatic carbocycles. The second-order valence-corrected chi connectivity index (χ2v) is 6.76. The summed E-state index contributed by atoms with van der Waals surface area (Å²) in [5, 5.41) is 22.2. The summed E-state index contributed by atoms with van der Waals surface area (Å²) in [6.07, 6.45) is 2.54. The second-order valence-electron chi connectivity index (χ2n) is 6.76. The molecule has 0 heterocycles. The van der Waals surface area contributed by atoms with Crippen molar-refractivity contribution in [1.82, 2.24) is 5.32 Å². The van der Waals surface area contributed by atoms with E-state index < -0.39 is 12.1 Å². The molecule has 0 aromatic heterocycles. The van der Waals surface area contributed by atoms with Gasteiger partial charge in [0.15, 0.2) is 5.78 Å². The molecule has 0 radical (unpaired) electrons. The summed E-state index contributed by atoms with van der Waals surface area (Å²) in [5.41, 5.74) is 1.70. The van der Waals surface area contributed by atoms with E-state index in [2.05, 4.69) is 19.2 Å². The lowest BCUT2D eigenvalue weighted by molar-refractivity contribution is 0.0694. The van der Waals surface area contributed by atoms with Gasteiger partial charge in [0, 0.05) is 5.56 Å². The highest BCUT2D eigenvalue weighted by molar-refractivity contribution is 5.99. The Morgan fingerprint density at radius 2 is 1.52 bits per heavy atom. The van der Waals surface area contributed by atoms with Gasteiger partial charge >= 0.3 is 5.97 Å². The molecule has 3 N–H and O–H groups in total. The number of aliphatic hydroxyl groups excluding tert-OH is 1. The highest BCUT2D eigenvalue weighted by Gasteiger charge is 2.16. The molecule has 1 unspecified atom stereocenters. The van der Waals surface area contributed by atoms with Crippen molar-refractivity contribution >= 4 is 11.8 Å². The quantitative estimate of drug-likeness (QED) is 0.386. The van der Waals surface area contributed by atoms with Crippen molar-refractivity contribution in [2.24, 2.45) is 0 Å². The number of benzene rings is 2. The van der Waals surface area contributed by atoms with E-state index >= 15 is 0 Å². The van der Waals surface area contributed by atoms with Crippen molar-refractivity contribution in [2.45, 2.75) is 52.1 Å². The van der Waals surface area contributed by atoms with Crippen LogP contribution in [0.1, 0.15) is 65.8 Å². The van der Waals surface area contributed by atoms with Crippen LogP contribution in [-0.4, -0.2) is 41.2 Å². The van der Waals surface area contributed by atoms with Crippen LogP contribution in [0.3, 0.4) is 0 Å². The first-order valence-electron chi connectivity index (χ1n) is 10.3. The number of carboxylic acids is 1. The highest BCUT2D eigenvalue weighted by Crippen LogP contribution is 2.15. The maximum atomic E-state index is 12.0. The van der Waals surface area contributed by atoms with E-state index in [4.69, 9.17) is 5.11 Å². The molecular formula is C24H33NO4. The second kappa shape index (κ2) is 14.5. The van der Waals surface area contributed by atoms with E-state index in [-0.39, 0.29) is 5.78 Å². The van der Waals surface area contributed by atoms with Crippen LogP contribution in [0.2, 0.25) is 0 Å². The first-order chi connectivity index (χ1) is 14.0. The number of carboxylic acid groups (broad SMARTS) is 1. The number of carbonyl (C=O) groups is 2. The van der Waals surface area contributed by atoms with Gasteiger partial charge in [0.05, 0.1) is 5.56 Å². The third kappa shape index (κ3) is 9.50. The fraction of sp³-hybridized carbons (Fsp3) is 0.417. The van der Waals surface area contributed by atoms with Gasteiger partial charge in [0.1, 0.15) is 6.10 Å². The van der Waals surface area contributed by atoms with Crippen LogP contribution in [0, 0.1) is 0 Å². The number of aromatic carboxylic acids is 1. The predicted molar refractivity (Wildman–Crippen MR) is 117 cm³/mol.